The monoisotopic (exact) mass is 459 g/mol. The molecule has 8 heteroatoms. The van der Waals surface area contributed by atoms with Crippen LogP contribution in [0.4, 0.5) is 13.2 Å². The molecule has 0 N–H and O–H groups in total. The standard InChI is InChI=1S/C25H24F3NO4/c1-5-31-24(30)16(3)15(2)19-7-6-8-21(13-19)32-14-22-17(4)33-23(29-22)18-9-11-20(12-10-18)25(26,27)28/h6-13H,5,14H2,1-4H3/b16-15-. The number of rotatable bonds is 7. The third-order valence-corrected chi connectivity index (χ3v) is 5.14. The van der Waals surface area contributed by atoms with Gasteiger partial charge in [-0.15, -0.1) is 0 Å². The molecule has 33 heavy (non-hydrogen) atoms. The molecule has 3 rings (SSSR count). The number of hydrogen-bond donors (Lipinski definition) is 0. The van der Waals surface area contributed by atoms with E-state index in [-0.39, 0.29) is 18.5 Å². The van der Waals surface area contributed by atoms with Gasteiger partial charge in [-0.25, -0.2) is 9.78 Å². The summed E-state index contributed by atoms with van der Waals surface area (Å²) in [6, 6.07) is 11.9. The van der Waals surface area contributed by atoms with Gasteiger partial charge in [0, 0.05) is 11.1 Å². The highest BCUT2D eigenvalue weighted by atomic mass is 19.4. The number of alkyl halides is 3. The highest BCUT2D eigenvalue weighted by Crippen LogP contribution is 2.31. The van der Waals surface area contributed by atoms with Crippen molar-refractivity contribution < 1.29 is 31.9 Å². The van der Waals surface area contributed by atoms with Gasteiger partial charge in [0.2, 0.25) is 5.89 Å². The minimum atomic E-state index is -4.40. The van der Waals surface area contributed by atoms with Gasteiger partial charge in [-0.1, -0.05) is 12.1 Å². The van der Waals surface area contributed by atoms with Crippen molar-refractivity contribution >= 4 is 11.5 Å². The molecule has 0 spiro atoms. The van der Waals surface area contributed by atoms with Crippen molar-refractivity contribution in [2.75, 3.05) is 6.61 Å². The van der Waals surface area contributed by atoms with Gasteiger partial charge in [0.25, 0.3) is 0 Å². The van der Waals surface area contributed by atoms with Crippen molar-refractivity contribution in [2.45, 2.75) is 40.5 Å². The van der Waals surface area contributed by atoms with E-state index in [1.165, 1.54) is 12.1 Å². The van der Waals surface area contributed by atoms with E-state index in [2.05, 4.69) is 4.98 Å². The first-order valence-electron chi connectivity index (χ1n) is 10.3. The lowest BCUT2D eigenvalue weighted by Gasteiger charge is -2.10. The Labute approximate surface area is 189 Å². The number of halogens is 3. The van der Waals surface area contributed by atoms with Gasteiger partial charge < -0.3 is 13.9 Å². The summed E-state index contributed by atoms with van der Waals surface area (Å²) < 4.78 is 54.8. The van der Waals surface area contributed by atoms with Gasteiger partial charge in [0.05, 0.1) is 12.2 Å². The summed E-state index contributed by atoms with van der Waals surface area (Å²) in [7, 11) is 0. The molecular weight excluding hydrogens is 435 g/mol. The third kappa shape index (κ3) is 5.83. The van der Waals surface area contributed by atoms with Gasteiger partial charge in [-0.05, 0) is 75.2 Å². The minimum absolute atomic E-state index is 0.110. The first kappa shape index (κ1) is 24.1. The Kier molecular flexibility index (Phi) is 7.26. The highest BCUT2D eigenvalue weighted by molar-refractivity contribution is 5.96. The Hall–Kier alpha value is -3.55. The molecular formula is C25H24F3NO4. The van der Waals surface area contributed by atoms with E-state index in [1.807, 2.05) is 25.1 Å². The van der Waals surface area contributed by atoms with Crippen LogP contribution in [0.5, 0.6) is 5.75 Å². The molecule has 0 amide bonds. The number of ether oxygens (including phenoxy) is 2. The van der Waals surface area contributed by atoms with E-state index >= 15 is 0 Å². The second-order valence-corrected chi connectivity index (χ2v) is 7.38. The Morgan fingerprint density at radius 3 is 2.42 bits per heavy atom. The van der Waals surface area contributed by atoms with Crippen LogP contribution in [-0.2, 0) is 22.3 Å². The zero-order valence-corrected chi connectivity index (χ0v) is 18.7. The summed E-state index contributed by atoms with van der Waals surface area (Å²) in [6.07, 6.45) is -4.40. The van der Waals surface area contributed by atoms with Crippen LogP contribution in [0.1, 0.15) is 43.4 Å². The van der Waals surface area contributed by atoms with E-state index in [9.17, 15) is 18.0 Å². The number of aryl methyl sites for hydroxylation is 1. The molecule has 0 fully saturated rings. The summed E-state index contributed by atoms with van der Waals surface area (Å²) in [4.78, 5) is 16.4. The number of aromatic nitrogens is 1. The van der Waals surface area contributed by atoms with Gasteiger partial charge >= 0.3 is 12.1 Å². The molecule has 0 saturated carbocycles. The van der Waals surface area contributed by atoms with Crippen LogP contribution in [0.3, 0.4) is 0 Å². The fraction of sp³-hybridized carbons (Fsp3) is 0.280. The Bertz CT molecular complexity index is 1160. The SMILES string of the molecule is CCOC(=O)/C(C)=C(/C)c1cccc(OCc2nc(-c3ccc(C(F)(F)F)cc3)oc2C)c1. The minimum Gasteiger partial charge on any atom is -0.487 e. The van der Waals surface area contributed by atoms with Gasteiger partial charge in [0.1, 0.15) is 23.8 Å². The third-order valence-electron chi connectivity index (χ3n) is 5.14. The molecule has 2 aromatic carbocycles. The van der Waals surface area contributed by atoms with E-state index in [0.717, 1.165) is 23.3 Å². The van der Waals surface area contributed by atoms with Crippen molar-refractivity contribution in [3.05, 3.63) is 76.7 Å². The number of carbonyl (C=O) groups is 1. The number of nitrogens with zero attached hydrogens (tertiary/aromatic N) is 1. The molecule has 1 aromatic heterocycles. The van der Waals surface area contributed by atoms with E-state index in [4.69, 9.17) is 13.9 Å². The average Bonchev–Trinajstić information content (AvgIpc) is 3.17. The lowest BCUT2D eigenvalue weighted by atomic mass is 10.0. The molecule has 0 bridgehead atoms. The molecule has 0 aliphatic heterocycles. The maximum Gasteiger partial charge on any atom is 0.416 e. The van der Waals surface area contributed by atoms with E-state index < -0.39 is 11.7 Å². The van der Waals surface area contributed by atoms with Gasteiger partial charge in [-0.2, -0.15) is 13.2 Å². The number of esters is 1. The second-order valence-electron chi connectivity index (χ2n) is 7.38. The van der Waals surface area contributed by atoms with E-state index in [1.54, 1.807) is 26.8 Å². The molecule has 5 nitrogen and oxygen atoms in total. The summed E-state index contributed by atoms with van der Waals surface area (Å²) in [6.45, 7) is 7.43. The van der Waals surface area contributed by atoms with Crippen LogP contribution >= 0.6 is 0 Å². The zero-order valence-electron chi connectivity index (χ0n) is 18.7. The Morgan fingerprint density at radius 2 is 1.79 bits per heavy atom. The number of allylic oxidation sites excluding steroid dienone is 1. The van der Waals surface area contributed by atoms with Crippen molar-refractivity contribution in [3.8, 4) is 17.2 Å². The molecule has 1 heterocycles. The summed E-state index contributed by atoms with van der Waals surface area (Å²) >= 11 is 0. The van der Waals surface area contributed by atoms with Crippen LogP contribution in [-0.4, -0.2) is 17.6 Å². The number of benzene rings is 2. The predicted octanol–water partition coefficient (Wildman–Crippen LogP) is 6.60. The van der Waals surface area contributed by atoms with Crippen LogP contribution in [0.25, 0.3) is 17.0 Å². The fourth-order valence-electron chi connectivity index (χ4n) is 3.07. The Morgan fingerprint density at radius 1 is 1.09 bits per heavy atom. The molecule has 3 aromatic rings. The maximum absolute atomic E-state index is 12.8. The summed E-state index contributed by atoms with van der Waals surface area (Å²) in [5.41, 5.74) is 2.35. The summed E-state index contributed by atoms with van der Waals surface area (Å²) in [5, 5.41) is 0. The van der Waals surface area contributed by atoms with Crippen LogP contribution in [0.15, 0.2) is 58.5 Å². The van der Waals surface area contributed by atoms with Crippen LogP contribution < -0.4 is 4.74 Å². The molecule has 0 atom stereocenters. The predicted molar refractivity (Wildman–Crippen MR) is 117 cm³/mol. The lowest BCUT2D eigenvalue weighted by molar-refractivity contribution is -0.138. The molecule has 0 unspecified atom stereocenters. The zero-order chi connectivity index (χ0) is 24.2. The fourth-order valence-corrected chi connectivity index (χ4v) is 3.07. The topological polar surface area (TPSA) is 61.6 Å². The van der Waals surface area contributed by atoms with Crippen molar-refractivity contribution in [3.63, 3.8) is 0 Å². The van der Waals surface area contributed by atoms with Crippen LogP contribution in [0, 0.1) is 6.92 Å². The second kappa shape index (κ2) is 9.94. The lowest BCUT2D eigenvalue weighted by Crippen LogP contribution is -2.06. The van der Waals surface area contributed by atoms with Crippen molar-refractivity contribution in [2.24, 2.45) is 0 Å². The first-order valence-corrected chi connectivity index (χ1v) is 10.3. The smallest absolute Gasteiger partial charge is 0.416 e. The van der Waals surface area contributed by atoms with Crippen molar-refractivity contribution in [1.29, 1.82) is 0 Å². The first-order chi connectivity index (χ1) is 15.6. The van der Waals surface area contributed by atoms with E-state index in [0.29, 0.717) is 34.9 Å². The quantitative estimate of drug-likeness (QED) is 0.294. The average molecular weight is 459 g/mol. The normalized spacial score (nSPS) is 12.3. The van der Waals surface area contributed by atoms with Crippen molar-refractivity contribution in [1.82, 2.24) is 4.98 Å². The number of oxazole rings is 1. The summed E-state index contributed by atoms with van der Waals surface area (Å²) in [5.74, 6) is 0.935. The largest absolute Gasteiger partial charge is 0.487 e. The molecule has 0 aliphatic carbocycles. The molecule has 0 saturated heterocycles. The highest BCUT2D eigenvalue weighted by Gasteiger charge is 2.30. The maximum atomic E-state index is 12.8. The Balaban J connectivity index is 1.74. The van der Waals surface area contributed by atoms with Gasteiger partial charge in [-0.3, -0.25) is 0 Å². The number of carbonyl (C=O) groups excluding carboxylic acids is 1. The number of hydrogen-bond acceptors (Lipinski definition) is 5. The van der Waals surface area contributed by atoms with Crippen LogP contribution in [0.2, 0.25) is 0 Å². The molecule has 174 valence electrons. The molecule has 0 radical (unpaired) electrons. The van der Waals surface area contributed by atoms with Gasteiger partial charge in [0.15, 0.2) is 0 Å². The molecule has 0 aliphatic rings.